The van der Waals surface area contributed by atoms with E-state index in [2.05, 4.69) is 16.7 Å². The number of para-hydroxylation sites is 1. The van der Waals surface area contributed by atoms with E-state index in [1.54, 1.807) is 11.3 Å². The van der Waals surface area contributed by atoms with E-state index in [1.807, 2.05) is 37.3 Å². The number of fused-ring (bicyclic) bond motifs is 2. The van der Waals surface area contributed by atoms with Gasteiger partial charge in [-0.1, -0.05) is 18.2 Å². The summed E-state index contributed by atoms with van der Waals surface area (Å²) in [5, 5.41) is 17.6. The molecule has 5 nitrogen and oxygen atoms in total. The molecule has 6 heteroatoms. The Bertz CT molecular complexity index is 1010. The van der Waals surface area contributed by atoms with Gasteiger partial charge < -0.3 is 15.1 Å². The van der Waals surface area contributed by atoms with Crippen molar-refractivity contribution >= 4 is 33.2 Å². The van der Waals surface area contributed by atoms with Crippen molar-refractivity contribution in [3.05, 3.63) is 52.1 Å². The average molecular weight is 394 g/mol. The molecule has 2 N–H and O–H groups in total. The van der Waals surface area contributed by atoms with E-state index in [0.29, 0.717) is 23.5 Å². The third-order valence-corrected chi connectivity index (χ3v) is 6.42. The van der Waals surface area contributed by atoms with E-state index < -0.39 is 0 Å². The normalized spacial score (nSPS) is 14.4. The van der Waals surface area contributed by atoms with Crippen LogP contribution in [0.25, 0.3) is 11.0 Å². The second kappa shape index (κ2) is 8.17. The summed E-state index contributed by atoms with van der Waals surface area (Å²) in [6, 6.07) is 12.2. The number of thiophene rings is 1. The number of amides is 1. The van der Waals surface area contributed by atoms with Gasteiger partial charge in [-0.2, -0.15) is 5.26 Å². The summed E-state index contributed by atoms with van der Waals surface area (Å²) in [7, 11) is 0. The summed E-state index contributed by atoms with van der Waals surface area (Å²) < 4.78 is 5.86. The minimum Gasteiger partial charge on any atom is -0.459 e. The molecule has 0 aliphatic heterocycles. The van der Waals surface area contributed by atoms with Gasteiger partial charge in [0.05, 0.1) is 11.6 Å². The number of nitrogens with zero attached hydrogens (tertiary/aromatic N) is 1. The zero-order chi connectivity index (χ0) is 19.5. The van der Waals surface area contributed by atoms with Gasteiger partial charge in [0.2, 0.25) is 5.91 Å². The van der Waals surface area contributed by atoms with Crippen molar-refractivity contribution in [2.75, 3.05) is 11.9 Å². The molecule has 1 atom stereocenters. The minimum absolute atomic E-state index is 0.0175. The maximum Gasteiger partial charge on any atom is 0.226 e. The third kappa shape index (κ3) is 3.82. The largest absolute Gasteiger partial charge is 0.459 e. The van der Waals surface area contributed by atoms with E-state index in [1.165, 1.54) is 4.88 Å². The SMILES string of the molecule is CC(NCCC(=O)Nc1sc2c(c1C#N)CCCC2)c1cc2ccccc2o1. The van der Waals surface area contributed by atoms with Gasteiger partial charge in [-0.25, -0.2) is 0 Å². The molecule has 1 aromatic carbocycles. The van der Waals surface area contributed by atoms with Gasteiger partial charge >= 0.3 is 0 Å². The highest BCUT2D eigenvalue weighted by Gasteiger charge is 2.21. The van der Waals surface area contributed by atoms with E-state index >= 15 is 0 Å². The van der Waals surface area contributed by atoms with Gasteiger partial charge in [0, 0.05) is 23.2 Å². The lowest BCUT2D eigenvalue weighted by molar-refractivity contribution is -0.116. The van der Waals surface area contributed by atoms with Crippen LogP contribution in [0.2, 0.25) is 0 Å². The first-order chi connectivity index (χ1) is 13.7. The predicted molar refractivity (Wildman–Crippen MR) is 112 cm³/mol. The van der Waals surface area contributed by atoms with Crippen molar-refractivity contribution in [2.45, 2.75) is 45.1 Å². The van der Waals surface area contributed by atoms with Crippen molar-refractivity contribution < 1.29 is 9.21 Å². The number of carbonyl (C=O) groups excluding carboxylic acids is 1. The molecule has 0 saturated carbocycles. The molecule has 0 fully saturated rings. The lowest BCUT2D eigenvalue weighted by Gasteiger charge is -2.11. The Balaban J connectivity index is 1.32. The molecule has 3 aromatic rings. The summed E-state index contributed by atoms with van der Waals surface area (Å²) in [5.41, 5.74) is 2.68. The lowest BCUT2D eigenvalue weighted by Crippen LogP contribution is -2.24. The Morgan fingerprint density at radius 3 is 2.96 bits per heavy atom. The van der Waals surface area contributed by atoms with Crippen LogP contribution < -0.4 is 10.6 Å². The van der Waals surface area contributed by atoms with Crippen molar-refractivity contribution in [3.8, 4) is 6.07 Å². The van der Waals surface area contributed by atoms with Crippen LogP contribution in [0, 0.1) is 11.3 Å². The van der Waals surface area contributed by atoms with E-state index in [9.17, 15) is 10.1 Å². The minimum atomic E-state index is -0.0700. The summed E-state index contributed by atoms with van der Waals surface area (Å²) in [5.74, 6) is 0.790. The second-order valence-electron chi connectivity index (χ2n) is 7.19. The lowest BCUT2D eigenvalue weighted by atomic mass is 9.96. The number of benzene rings is 1. The maximum atomic E-state index is 12.4. The number of furan rings is 1. The van der Waals surface area contributed by atoms with Gasteiger partial charge in [-0.15, -0.1) is 11.3 Å². The fourth-order valence-corrected chi connectivity index (χ4v) is 4.94. The quantitative estimate of drug-likeness (QED) is 0.623. The summed E-state index contributed by atoms with van der Waals surface area (Å²) in [6.45, 7) is 2.56. The van der Waals surface area contributed by atoms with Crippen molar-refractivity contribution in [2.24, 2.45) is 0 Å². The monoisotopic (exact) mass is 393 g/mol. The van der Waals surface area contributed by atoms with E-state index in [4.69, 9.17) is 4.42 Å². The number of rotatable bonds is 6. The zero-order valence-electron chi connectivity index (χ0n) is 15.9. The first-order valence-electron chi connectivity index (χ1n) is 9.72. The fraction of sp³-hybridized carbons (Fsp3) is 0.364. The number of nitriles is 1. The first kappa shape index (κ1) is 18.7. The van der Waals surface area contributed by atoms with Crippen LogP contribution in [-0.2, 0) is 17.6 Å². The van der Waals surface area contributed by atoms with Crippen molar-refractivity contribution in [1.82, 2.24) is 5.32 Å². The van der Waals surface area contributed by atoms with Crippen LogP contribution in [-0.4, -0.2) is 12.5 Å². The summed E-state index contributed by atoms with van der Waals surface area (Å²) in [4.78, 5) is 13.6. The Kier molecular flexibility index (Phi) is 5.47. The molecule has 2 aromatic heterocycles. The molecule has 0 saturated heterocycles. The Morgan fingerprint density at radius 2 is 2.14 bits per heavy atom. The number of anilines is 1. The van der Waals surface area contributed by atoms with Crippen LogP contribution in [0.1, 0.15) is 54.0 Å². The molecular formula is C22H23N3O2S. The molecule has 1 aliphatic rings. The molecule has 144 valence electrons. The molecule has 0 spiro atoms. The van der Waals surface area contributed by atoms with Gasteiger partial charge in [0.15, 0.2) is 0 Å². The van der Waals surface area contributed by atoms with Crippen LogP contribution in [0.15, 0.2) is 34.7 Å². The summed E-state index contributed by atoms with van der Waals surface area (Å²) in [6.07, 6.45) is 4.59. The number of hydrogen-bond acceptors (Lipinski definition) is 5. The number of aryl methyl sites for hydroxylation is 1. The molecule has 1 amide bonds. The molecule has 1 aliphatic carbocycles. The summed E-state index contributed by atoms with van der Waals surface area (Å²) >= 11 is 1.56. The number of nitrogens with one attached hydrogen (secondary N) is 2. The highest BCUT2D eigenvalue weighted by Crippen LogP contribution is 2.37. The van der Waals surface area contributed by atoms with Crippen LogP contribution >= 0.6 is 11.3 Å². The van der Waals surface area contributed by atoms with Gasteiger partial charge in [-0.05, 0) is 50.3 Å². The molecular weight excluding hydrogens is 370 g/mol. The molecule has 28 heavy (non-hydrogen) atoms. The van der Waals surface area contributed by atoms with Gasteiger partial charge in [-0.3, -0.25) is 4.79 Å². The first-order valence-corrected chi connectivity index (χ1v) is 10.5. The van der Waals surface area contributed by atoms with Crippen LogP contribution in [0.4, 0.5) is 5.00 Å². The Labute approximate surface area is 168 Å². The highest BCUT2D eigenvalue weighted by molar-refractivity contribution is 7.16. The molecule has 0 radical (unpaired) electrons. The molecule has 4 rings (SSSR count). The number of hydrogen-bond donors (Lipinski definition) is 2. The van der Waals surface area contributed by atoms with Crippen LogP contribution in [0.5, 0.6) is 0 Å². The van der Waals surface area contributed by atoms with Gasteiger partial charge in [0.25, 0.3) is 0 Å². The molecule has 1 unspecified atom stereocenters. The maximum absolute atomic E-state index is 12.4. The van der Waals surface area contributed by atoms with E-state index in [-0.39, 0.29) is 11.9 Å². The standard InChI is InChI=1S/C22H23N3O2S/c1-14(19-12-15-6-2-4-8-18(15)27-19)24-11-10-21(26)25-22-17(13-23)16-7-3-5-9-20(16)28-22/h2,4,6,8,12,14,24H,3,5,7,9-11H2,1H3,(H,25,26). The highest BCUT2D eigenvalue weighted by atomic mass is 32.1. The third-order valence-electron chi connectivity index (χ3n) is 5.21. The second-order valence-corrected chi connectivity index (χ2v) is 8.29. The van der Waals surface area contributed by atoms with Crippen LogP contribution in [0.3, 0.4) is 0 Å². The smallest absolute Gasteiger partial charge is 0.226 e. The van der Waals surface area contributed by atoms with Gasteiger partial charge in [0.1, 0.15) is 22.4 Å². The Morgan fingerprint density at radius 1 is 1.32 bits per heavy atom. The fourth-order valence-electron chi connectivity index (χ4n) is 3.68. The average Bonchev–Trinajstić information content (AvgIpc) is 3.28. The zero-order valence-corrected chi connectivity index (χ0v) is 16.7. The molecule has 0 bridgehead atoms. The van der Waals surface area contributed by atoms with Crippen molar-refractivity contribution in [1.29, 1.82) is 5.26 Å². The predicted octanol–water partition coefficient (Wildman–Crippen LogP) is 4.92. The van der Waals surface area contributed by atoms with E-state index in [0.717, 1.165) is 48.0 Å². The number of carbonyl (C=O) groups is 1. The molecule has 2 heterocycles. The Hall–Kier alpha value is -2.62. The topological polar surface area (TPSA) is 78.1 Å². The van der Waals surface area contributed by atoms with Crippen molar-refractivity contribution in [3.63, 3.8) is 0 Å².